The third-order valence-electron chi connectivity index (χ3n) is 7.30. The van der Waals surface area contributed by atoms with E-state index in [0.29, 0.717) is 17.8 Å². The van der Waals surface area contributed by atoms with Crippen molar-refractivity contribution in [3.8, 4) is 5.88 Å². The minimum Gasteiger partial charge on any atom is -0.477 e. The fourth-order valence-electron chi connectivity index (χ4n) is 5.18. The first-order valence-electron chi connectivity index (χ1n) is 11.3. The van der Waals surface area contributed by atoms with Gasteiger partial charge in [0.05, 0.1) is 19.8 Å². The molecule has 0 bridgehead atoms. The average molecular weight is 409 g/mol. The Morgan fingerprint density at radius 2 is 1.83 bits per heavy atom. The summed E-state index contributed by atoms with van der Waals surface area (Å²) in [5, 5.41) is 0. The topological polar surface area (TPSA) is 53.5 Å². The van der Waals surface area contributed by atoms with E-state index in [1.165, 1.54) is 23.1 Å². The van der Waals surface area contributed by atoms with Crippen LogP contribution in [0.25, 0.3) is 0 Å². The summed E-state index contributed by atoms with van der Waals surface area (Å²) in [6.45, 7) is 8.53. The normalized spacial score (nSPS) is 25.6. The van der Waals surface area contributed by atoms with E-state index in [0.717, 1.165) is 62.8 Å². The minimum absolute atomic E-state index is 0.337. The molecule has 3 fully saturated rings. The maximum atomic E-state index is 6.32. The number of aromatic nitrogens is 2. The zero-order valence-corrected chi connectivity index (χ0v) is 18.3. The van der Waals surface area contributed by atoms with Crippen LogP contribution >= 0.6 is 0 Å². The van der Waals surface area contributed by atoms with Gasteiger partial charge in [0.1, 0.15) is 5.82 Å². The molecule has 2 aliphatic carbocycles. The lowest BCUT2D eigenvalue weighted by Gasteiger charge is -2.35. The standard InChI is InChI=1S/C25H32N2O3/c1-16-5-4-6-21(17(16)2)22-13-20(22)15-28-24-23(14-26-18(3)27-24)19-7-9-25(10-8-19)29-11-12-30-25/h4-6,14,19-20,22H,7-13,15H2,1-3H3/t20-,22+/m1/s1. The Hall–Kier alpha value is -1.98. The molecule has 5 rings (SSSR count). The quantitative estimate of drug-likeness (QED) is 0.698. The molecule has 160 valence electrons. The molecule has 1 aromatic carbocycles. The molecule has 5 nitrogen and oxygen atoms in total. The van der Waals surface area contributed by atoms with Gasteiger partial charge < -0.3 is 14.2 Å². The summed E-state index contributed by atoms with van der Waals surface area (Å²) >= 11 is 0. The number of rotatable bonds is 5. The Balaban J connectivity index is 1.24. The van der Waals surface area contributed by atoms with Crippen LogP contribution in [0.3, 0.4) is 0 Å². The molecule has 0 radical (unpaired) electrons. The Morgan fingerprint density at radius 3 is 2.60 bits per heavy atom. The molecule has 0 N–H and O–H groups in total. The summed E-state index contributed by atoms with van der Waals surface area (Å²) in [4.78, 5) is 9.15. The van der Waals surface area contributed by atoms with Crippen molar-refractivity contribution < 1.29 is 14.2 Å². The van der Waals surface area contributed by atoms with E-state index in [-0.39, 0.29) is 5.79 Å². The van der Waals surface area contributed by atoms with Crippen molar-refractivity contribution >= 4 is 0 Å². The molecule has 3 aliphatic rings. The van der Waals surface area contributed by atoms with E-state index in [4.69, 9.17) is 14.2 Å². The first-order valence-corrected chi connectivity index (χ1v) is 11.3. The summed E-state index contributed by atoms with van der Waals surface area (Å²) in [6, 6.07) is 6.64. The second-order valence-electron chi connectivity index (χ2n) is 9.26. The highest BCUT2D eigenvalue weighted by molar-refractivity contribution is 5.39. The van der Waals surface area contributed by atoms with Gasteiger partial charge in [0, 0.05) is 30.5 Å². The van der Waals surface area contributed by atoms with Gasteiger partial charge in [-0.3, -0.25) is 0 Å². The number of aryl methyl sites for hydroxylation is 2. The molecule has 5 heteroatoms. The lowest BCUT2D eigenvalue weighted by atomic mass is 9.81. The second kappa shape index (κ2) is 7.93. The number of hydrogen-bond donors (Lipinski definition) is 0. The highest BCUT2D eigenvalue weighted by Crippen LogP contribution is 2.49. The zero-order chi connectivity index (χ0) is 20.7. The van der Waals surface area contributed by atoms with Gasteiger partial charge in [0.2, 0.25) is 5.88 Å². The maximum absolute atomic E-state index is 6.32. The number of benzene rings is 1. The molecule has 2 atom stereocenters. The van der Waals surface area contributed by atoms with E-state index >= 15 is 0 Å². The van der Waals surface area contributed by atoms with Gasteiger partial charge in [0.25, 0.3) is 0 Å². The largest absolute Gasteiger partial charge is 0.477 e. The summed E-state index contributed by atoms with van der Waals surface area (Å²) in [5.41, 5.74) is 5.43. The van der Waals surface area contributed by atoms with Crippen LogP contribution in [0.15, 0.2) is 24.4 Å². The van der Waals surface area contributed by atoms with Gasteiger partial charge >= 0.3 is 0 Å². The van der Waals surface area contributed by atoms with Gasteiger partial charge in [-0.1, -0.05) is 18.2 Å². The van der Waals surface area contributed by atoms with Crippen LogP contribution in [0.2, 0.25) is 0 Å². The van der Waals surface area contributed by atoms with Crippen LogP contribution in [-0.4, -0.2) is 35.6 Å². The molecule has 2 heterocycles. The molecule has 30 heavy (non-hydrogen) atoms. The van der Waals surface area contributed by atoms with Crippen molar-refractivity contribution in [2.75, 3.05) is 19.8 Å². The number of ether oxygens (including phenoxy) is 3. The molecule has 1 saturated heterocycles. The molecule has 0 unspecified atom stereocenters. The predicted octanol–water partition coefficient (Wildman–Crippen LogP) is 4.99. The van der Waals surface area contributed by atoms with E-state index in [2.05, 4.69) is 42.0 Å². The van der Waals surface area contributed by atoms with Crippen LogP contribution in [0.1, 0.15) is 72.0 Å². The van der Waals surface area contributed by atoms with Crippen LogP contribution in [0.5, 0.6) is 5.88 Å². The van der Waals surface area contributed by atoms with Crippen molar-refractivity contribution in [3.63, 3.8) is 0 Å². The zero-order valence-electron chi connectivity index (χ0n) is 18.3. The molecule has 1 spiro atoms. The van der Waals surface area contributed by atoms with Crippen molar-refractivity contribution in [3.05, 3.63) is 52.5 Å². The summed E-state index contributed by atoms with van der Waals surface area (Å²) in [6.07, 6.45) is 7.09. The van der Waals surface area contributed by atoms with E-state index in [1.54, 1.807) is 0 Å². The maximum Gasteiger partial charge on any atom is 0.220 e. The van der Waals surface area contributed by atoms with Gasteiger partial charge in [-0.2, -0.15) is 4.98 Å². The SMILES string of the molecule is Cc1ncc(C2CCC3(CC2)OCCO3)c(OC[C@H]2C[C@@H]2c2cccc(C)c2C)n1. The van der Waals surface area contributed by atoms with E-state index in [1.807, 2.05) is 13.1 Å². The molecule has 1 aromatic heterocycles. The van der Waals surface area contributed by atoms with Crippen LogP contribution in [0, 0.1) is 26.7 Å². The Morgan fingerprint density at radius 1 is 1.07 bits per heavy atom. The van der Waals surface area contributed by atoms with Crippen LogP contribution in [-0.2, 0) is 9.47 Å². The van der Waals surface area contributed by atoms with Gasteiger partial charge in [-0.25, -0.2) is 4.98 Å². The molecule has 0 amide bonds. The van der Waals surface area contributed by atoms with Crippen molar-refractivity contribution in [2.24, 2.45) is 5.92 Å². The molecule has 2 saturated carbocycles. The lowest BCUT2D eigenvalue weighted by Crippen LogP contribution is -2.34. The third kappa shape index (κ3) is 3.85. The van der Waals surface area contributed by atoms with E-state index < -0.39 is 0 Å². The minimum atomic E-state index is -0.337. The molecule has 1 aliphatic heterocycles. The number of hydrogen-bond acceptors (Lipinski definition) is 5. The van der Waals surface area contributed by atoms with Crippen LogP contribution < -0.4 is 4.74 Å². The Kier molecular flexibility index (Phi) is 5.28. The van der Waals surface area contributed by atoms with Crippen molar-refractivity contribution in [2.45, 2.75) is 70.5 Å². The highest BCUT2D eigenvalue weighted by atomic mass is 16.7. The monoisotopic (exact) mass is 408 g/mol. The van der Waals surface area contributed by atoms with Gasteiger partial charge in [-0.05, 0) is 68.6 Å². The first-order chi connectivity index (χ1) is 14.5. The van der Waals surface area contributed by atoms with Gasteiger partial charge in [-0.15, -0.1) is 0 Å². The summed E-state index contributed by atoms with van der Waals surface area (Å²) < 4.78 is 18.1. The third-order valence-corrected chi connectivity index (χ3v) is 7.30. The fraction of sp³-hybridized carbons (Fsp3) is 0.600. The van der Waals surface area contributed by atoms with Crippen molar-refractivity contribution in [1.29, 1.82) is 0 Å². The van der Waals surface area contributed by atoms with Crippen molar-refractivity contribution in [1.82, 2.24) is 9.97 Å². The smallest absolute Gasteiger partial charge is 0.220 e. The fourth-order valence-corrected chi connectivity index (χ4v) is 5.18. The summed E-state index contributed by atoms with van der Waals surface area (Å²) in [7, 11) is 0. The lowest BCUT2D eigenvalue weighted by molar-refractivity contribution is -0.178. The molecular formula is C25H32N2O3. The van der Waals surface area contributed by atoms with E-state index in [9.17, 15) is 0 Å². The molecular weight excluding hydrogens is 376 g/mol. The Labute approximate surface area is 179 Å². The molecule has 2 aromatic rings. The van der Waals surface area contributed by atoms with Crippen LogP contribution in [0.4, 0.5) is 0 Å². The summed E-state index contributed by atoms with van der Waals surface area (Å²) in [5.74, 6) is 2.81. The highest BCUT2D eigenvalue weighted by Gasteiger charge is 2.42. The average Bonchev–Trinajstić information content (AvgIpc) is 3.38. The Bertz CT molecular complexity index is 913. The second-order valence-corrected chi connectivity index (χ2v) is 9.26. The first kappa shape index (κ1) is 20.0. The predicted molar refractivity (Wildman–Crippen MR) is 115 cm³/mol. The van der Waals surface area contributed by atoms with Gasteiger partial charge in [0.15, 0.2) is 5.79 Å². The number of nitrogens with zero attached hydrogens (tertiary/aromatic N) is 2.